The van der Waals surface area contributed by atoms with E-state index in [9.17, 15) is 0 Å². The number of benzene rings is 2. The van der Waals surface area contributed by atoms with E-state index >= 15 is 0 Å². The monoisotopic (exact) mass is 478 g/mol. The molecule has 1 unspecified atom stereocenters. The Kier molecular flexibility index (Phi) is 6.27. The van der Waals surface area contributed by atoms with Crippen LogP contribution in [0.25, 0.3) is 17.0 Å². The van der Waals surface area contributed by atoms with Crippen LogP contribution in [0.4, 0.5) is 0 Å². The molecule has 6 heteroatoms. The van der Waals surface area contributed by atoms with Gasteiger partial charge in [0.25, 0.3) is 0 Å². The molecule has 4 heterocycles. The van der Waals surface area contributed by atoms with Crippen molar-refractivity contribution in [2.24, 2.45) is 11.8 Å². The molecule has 0 saturated carbocycles. The first kappa shape index (κ1) is 22.9. The number of hydrogen-bond donors (Lipinski definition) is 5. The Bertz CT molecular complexity index is 1290. The molecule has 184 valence electrons. The smallest absolute Gasteiger partial charge is 0.123 e. The summed E-state index contributed by atoms with van der Waals surface area (Å²) in [5.41, 5.74) is 6.49. The van der Waals surface area contributed by atoms with E-state index in [1.54, 1.807) is 0 Å². The van der Waals surface area contributed by atoms with Crippen LogP contribution < -0.4 is 21.3 Å². The number of nitrogens with zero attached hydrogens (tertiary/aromatic N) is 1. The van der Waals surface area contributed by atoms with Gasteiger partial charge in [-0.1, -0.05) is 50.0 Å². The van der Waals surface area contributed by atoms with Crippen molar-refractivity contribution in [3.63, 3.8) is 0 Å². The minimum absolute atomic E-state index is 0.254. The highest BCUT2D eigenvalue weighted by Crippen LogP contribution is 2.27. The van der Waals surface area contributed by atoms with E-state index in [0.717, 1.165) is 59.3 Å². The van der Waals surface area contributed by atoms with Crippen molar-refractivity contribution in [1.82, 2.24) is 31.2 Å². The molecule has 0 aliphatic carbocycles. The van der Waals surface area contributed by atoms with Gasteiger partial charge in [0.15, 0.2) is 0 Å². The predicted molar refractivity (Wildman–Crippen MR) is 145 cm³/mol. The van der Waals surface area contributed by atoms with Crippen molar-refractivity contribution in [3.8, 4) is 23.1 Å². The van der Waals surface area contributed by atoms with Crippen LogP contribution in [0, 0.1) is 23.7 Å². The van der Waals surface area contributed by atoms with Crippen molar-refractivity contribution in [2.45, 2.75) is 44.9 Å². The Morgan fingerprint density at radius 2 is 1.47 bits per heavy atom. The van der Waals surface area contributed by atoms with Gasteiger partial charge in [-0.05, 0) is 73.2 Å². The third kappa shape index (κ3) is 4.90. The zero-order chi connectivity index (χ0) is 24.5. The molecule has 5 N–H and O–H groups in total. The van der Waals surface area contributed by atoms with Gasteiger partial charge < -0.3 is 26.3 Å². The lowest BCUT2D eigenvalue weighted by atomic mass is 10.1. The van der Waals surface area contributed by atoms with Crippen LogP contribution in [0.15, 0.2) is 60.9 Å². The quantitative estimate of drug-likeness (QED) is 0.367. The van der Waals surface area contributed by atoms with Gasteiger partial charge in [-0.3, -0.25) is 0 Å². The minimum Gasteiger partial charge on any atom is -0.368 e. The summed E-state index contributed by atoms with van der Waals surface area (Å²) in [6.07, 6.45) is 6.60. The Labute approximate surface area is 213 Å². The van der Waals surface area contributed by atoms with Gasteiger partial charge in [-0.2, -0.15) is 0 Å². The van der Waals surface area contributed by atoms with Crippen LogP contribution in [0.1, 0.15) is 55.2 Å². The Balaban J connectivity index is 1.07. The average molecular weight is 479 g/mol. The first-order chi connectivity index (χ1) is 17.6. The molecule has 6 nitrogen and oxygen atoms in total. The highest BCUT2D eigenvalue weighted by Gasteiger charge is 2.30. The maximum atomic E-state index is 4.61. The fraction of sp³-hybridized carbons (Fsp3) is 0.367. The summed E-state index contributed by atoms with van der Waals surface area (Å²) >= 11 is 0. The molecule has 5 atom stereocenters. The number of imidazole rings is 1. The van der Waals surface area contributed by atoms with Gasteiger partial charge in [0.2, 0.25) is 0 Å². The first-order valence-electron chi connectivity index (χ1n) is 13.1. The topological polar surface area (TPSA) is 76.8 Å². The van der Waals surface area contributed by atoms with E-state index in [2.05, 4.69) is 112 Å². The predicted octanol–water partition coefficient (Wildman–Crippen LogP) is 3.96. The molecule has 0 spiro atoms. The molecule has 2 aromatic carbocycles. The maximum absolute atomic E-state index is 4.61. The van der Waals surface area contributed by atoms with E-state index in [0.29, 0.717) is 18.0 Å². The van der Waals surface area contributed by atoms with E-state index in [-0.39, 0.29) is 6.17 Å². The highest BCUT2D eigenvalue weighted by molar-refractivity contribution is 5.66. The number of H-pyrrole nitrogens is 1. The average Bonchev–Trinajstić information content (AvgIpc) is 3.70. The van der Waals surface area contributed by atoms with E-state index < -0.39 is 0 Å². The molecule has 2 fully saturated rings. The van der Waals surface area contributed by atoms with Crippen molar-refractivity contribution in [2.75, 3.05) is 13.1 Å². The number of nitrogens with one attached hydrogen (secondary N) is 5. The zero-order valence-corrected chi connectivity index (χ0v) is 20.9. The zero-order valence-electron chi connectivity index (χ0n) is 20.9. The first-order valence-corrected chi connectivity index (χ1v) is 13.1. The Morgan fingerprint density at radius 1 is 0.806 bits per heavy atom. The maximum Gasteiger partial charge on any atom is 0.123 e. The number of aromatic nitrogens is 2. The summed E-state index contributed by atoms with van der Waals surface area (Å²) in [6.45, 7) is 6.73. The fourth-order valence-electron chi connectivity index (χ4n) is 5.41. The van der Waals surface area contributed by atoms with Gasteiger partial charge >= 0.3 is 0 Å². The standard InChI is InChI=1S/C30H34N6/c1-19-13-25(31-15-19)29-33-17-27(35-29)23-9-5-21(6-10-23)3-4-22-7-11-24(12-8-22)28-18-34-30(36-28)26-14-20(2)16-32-26/h5-12,17-20,25-26,29,31-33,35H,13-16H2,1-2H3,(H,34,36)/t19-,20-,25-,26-,29?/m0/s1. The molecule has 6 rings (SSSR count). The number of aromatic amines is 1. The van der Waals surface area contributed by atoms with Gasteiger partial charge in [-0.25, -0.2) is 4.98 Å². The van der Waals surface area contributed by atoms with E-state index in [1.807, 2.05) is 6.20 Å². The minimum atomic E-state index is 0.254. The van der Waals surface area contributed by atoms with Crippen molar-refractivity contribution in [3.05, 3.63) is 83.4 Å². The molecule has 0 amide bonds. The lowest BCUT2D eigenvalue weighted by molar-refractivity contribution is 0.422. The van der Waals surface area contributed by atoms with Crippen LogP contribution in [0.5, 0.6) is 0 Å². The number of rotatable bonds is 4. The van der Waals surface area contributed by atoms with E-state index in [1.165, 1.54) is 12.0 Å². The third-order valence-electron chi connectivity index (χ3n) is 7.52. The molecule has 3 aromatic rings. The molecule has 3 aliphatic rings. The number of hydrogen-bond acceptors (Lipinski definition) is 5. The SMILES string of the molecule is C[C@@H]1CN[C@H](c2ncc(-c3ccc(C#Cc4ccc(C5=CNC([C@@H]6C[C@H](C)CN6)N5)cc4)cc3)[nH]2)C1. The molecular weight excluding hydrogens is 444 g/mol. The Morgan fingerprint density at radius 3 is 2.11 bits per heavy atom. The van der Waals surface area contributed by atoms with Crippen LogP contribution in [-0.2, 0) is 0 Å². The van der Waals surface area contributed by atoms with Crippen LogP contribution in [0.2, 0.25) is 0 Å². The third-order valence-corrected chi connectivity index (χ3v) is 7.52. The second-order valence-electron chi connectivity index (χ2n) is 10.6. The second kappa shape index (κ2) is 9.85. The molecule has 36 heavy (non-hydrogen) atoms. The summed E-state index contributed by atoms with van der Waals surface area (Å²) in [5, 5.41) is 14.3. The lowest BCUT2D eigenvalue weighted by Gasteiger charge is -2.21. The molecule has 3 aliphatic heterocycles. The van der Waals surface area contributed by atoms with Crippen molar-refractivity contribution >= 4 is 5.70 Å². The highest BCUT2D eigenvalue weighted by atomic mass is 15.2. The van der Waals surface area contributed by atoms with Gasteiger partial charge in [-0.15, -0.1) is 0 Å². The lowest BCUT2D eigenvalue weighted by Crippen LogP contribution is -2.47. The molecule has 0 radical (unpaired) electrons. The van der Waals surface area contributed by atoms with E-state index in [4.69, 9.17) is 0 Å². The Hall–Kier alpha value is -3.53. The molecular formula is C30H34N6. The van der Waals surface area contributed by atoms with Crippen molar-refractivity contribution < 1.29 is 0 Å². The largest absolute Gasteiger partial charge is 0.368 e. The molecule has 1 aromatic heterocycles. The molecule has 0 bridgehead atoms. The van der Waals surface area contributed by atoms with Crippen molar-refractivity contribution in [1.29, 1.82) is 0 Å². The summed E-state index contributed by atoms with van der Waals surface area (Å²) in [4.78, 5) is 8.10. The molecule has 2 saturated heterocycles. The van der Waals surface area contributed by atoms with Gasteiger partial charge in [0, 0.05) is 23.4 Å². The second-order valence-corrected chi connectivity index (χ2v) is 10.6. The summed E-state index contributed by atoms with van der Waals surface area (Å²) in [6, 6.07) is 17.6. The van der Waals surface area contributed by atoms with Gasteiger partial charge in [0.1, 0.15) is 12.0 Å². The summed E-state index contributed by atoms with van der Waals surface area (Å²) < 4.78 is 0. The van der Waals surface area contributed by atoms with Crippen LogP contribution in [-0.4, -0.2) is 35.3 Å². The van der Waals surface area contributed by atoms with Crippen LogP contribution >= 0.6 is 0 Å². The normalized spacial score (nSPS) is 27.2. The summed E-state index contributed by atoms with van der Waals surface area (Å²) in [5.74, 6) is 9.05. The fourth-order valence-corrected chi connectivity index (χ4v) is 5.41. The van der Waals surface area contributed by atoms with Crippen LogP contribution in [0.3, 0.4) is 0 Å². The summed E-state index contributed by atoms with van der Waals surface area (Å²) in [7, 11) is 0. The van der Waals surface area contributed by atoms with Gasteiger partial charge in [0.05, 0.1) is 23.6 Å².